The number of hydrogen-bond donors (Lipinski definition) is 1. The van der Waals surface area contributed by atoms with E-state index in [2.05, 4.69) is 19.2 Å². The Morgan fingerprint density at radius 3 is 2.08 bits per heavy atom. The number of ketones is 2. The van der Waals surface area contributed by atoms with Crippen LogP contribution in [0, 0.1) is 35.5 Å². The second kappa shape index (κ2) is 26.2. The number of Topliss-reactive ketones (excluding diaryl/α,β-unsaturated/α-hetero) is 2. The zero-order valence-electron chi connectivity index (χ0n) is 41.3. The molecular weight excluding hydrogens is 825 g/mol. The highest BCUT2D eigenvalue weighted by molar-refractivity contribution is 5.90. The zero-order chi connectivity index (χ0) is 47.8. The summed E-state index contributed by atoms with van der Waals surface area (Å²) < 4.78 is 18.2. The van der Waals surface area contributed by atoms with Gasteiger partial charge in [0.2, 0.25) is 17.7 Å². The van der Waals surface area contributed by atoms with E-state index in [-0.39, 0.29) is 78.4 Å². The van der Waals surface area contributed by atoms with Crippen molar-refractivity contribution in [1.29, 1.82) is 0 Å². The minimum Gasteiger partial charge on any atom is -0.489 e. The molecule has 13 nitrogen and oxygen atoms in total. The van der Waals surface area contributed by atoms with Crippen molar-refractivity contribution in [2.45, 2.75) is 143 Å². The van der Waals surface area contributed by atoms with Crippen LogP contribution >= 0.6 is 0 Å². The monoisotopic (exact) mass is 905 g/mol. The molecule has 1 N–H and O–H groups in total. The average molecular weight is 905 g/mol. The Bertz CT molecular complexity index is 1800. The van der Waals surface area contributed by atoms with E-state index in [1.165, 1.54) is 5.06 Å². The fraction of sp³-hybridized carbons (Fsp3) is 0.673. The Hall–Kier alpha value is -4.17. The summed E-state index contributed by atoms with van der Waals surface area (Å²) in [5, 5.41) is 4.55. The molecular formula is C52H80N4O9. The first-order valence-corrected chi connectivity index (χ1v) is 24.1. The lowest BCUT2D eigenvalue weighted by molar-refractivity contribution is -0.201. The third-order valence-corrected chi connectivity index (χ3v) is 13.9. The molecule has 13 heteroatoms. The highest BCUT2D eigenvalue weighted by atomic mass is 16.7. The van der Waals surface area contributed by atoms with E-state index in [4.69, 9.17) is 19.0 Å². The summed E-state index contributed by atoms with van der Waals surface area (Å²) >= 11 is 0. The zero-order valence-corrected chi connectivity index (χ0v) is 41.3. The van der Waals surface area contributed by atoms with Gasteiger partial charge in [-0.05, 0) is 80.2 Å². The summed E-state index contributed by atoms with van der Waals surface area (Å²) in [6.45, 7) is 15.8. The van der Waals surface area contributed by atoms with Crippen LogP contribution in [0.15, 0.2) is 54.6 Å². The molecule has 3 amide bonds. The van der Waals surface area contributed by atoms with Gasteiger partial charge in [0, 0.05) is 59.0 Å². The number of carbonyl (C=O) groups excluding carboxylic acids is 5. The molecule has 2 aliphatic rings. The van der Waals surface area contributed by atoms with Gasteiger partial charge in [-0.3, -0.25) is 28.8 Å². The van der Waals surface area contributed by atoms with Crippen molar-refractivity contribution in [1.82, 2.24) is 20.2 Å². The van der Waals surface area contributed by atoms with Crippen LogP contribution in [0.4, 0.5) is 0 Å². The standard InChI is InChI=1S/C52H80N4O9/c1-12-36(6)49(54(9)52(61)42(34(2)3)31-45(58)48(53-8)35(4)5)46(62-10)32-47(59)55-26-18-21-43(55)50(63-11)37(7)44(57)30-40(51(60)56-27-16-17-28-65-56)29-38-22-24-41(25-23-38)64-33-39-19-14-13-15-20-39/h13-15,19-20,22-25,34-37,40,42-43,46,48-50,53H,12,16-18,21,26-33H2,1-11H3/t36-,37-,40+,42-,43-,46+,48-,49-,50+/m0/s1. The van der Waals surface area contributed by atoms with Crippen molar-refractivity contribution < 1.29 is 43.0 Å². The number of hydroxylamine groups is 2. The SMILES string of the molecule is CC[C@H](C)[C@@H]([C@@H](CC(=O)N1CCC[C@H]1[C@H](OC)[C@@H](C)C(=O)C[C@@H](Cc1ccc(OCc2ccccc2)cc1)C(=O)N1CCCCO1)OC)N(C)C(=O)[C@@H](CC(=O)[C@@H](NC)C(C)C)C(C)C. The Morgan fingerprint density at radius 2 is 1.51 bits per heavy atom. The maximum atomic E-state index is 14.5. The third-order valence-electron chi connectivity index (χ3n) is 13.9. The summed E-state index contributed by atoms with van der Waals surface area (Å²) in [4.78, 5) is 80.0. The van der Waals surface area contributed by atoms with Crippen LogP contribution in [-0.4, -0.2) is 122 Å². The predicted octanol–water partition coefficient (Wildman–Crippen LogP) is 7.33. The van der Waals surface area contributed by atoms with E-state index in [1.54, 1.807) is 33.2 Å². The summed E-state index contributed by atoms with van der Waals surface area (Å²) in [7, 11) is 6.70. The summed E-state index contributed by atoms with van der Waals surface area (Å²) in [6, 6.07) is 16.4. The van der Waals surface area contributed by atoms with Crippen LogP contribution in [-0.2, 0) is 51.3 Å². The van der Waals surface area contributed by atoms with Crippen molar-refractivity contribution in [3.63, 3.8) is 0 Å². The highest BCUT2D eigenvalue weighted by Gasteiger charge is 2.43. The lowest BCUT2D eigenvalue weighted by Gasteiger charge is -2.41. The van der Waals surface area contributed by atoms with Crippen molar-refractivity contribution in [3.05, 3.63) is 65.7 Å². The van der Waals surface area contributed by atoms with Crippen molar-refractivity contribution in [2.75, 3.05) is 48.0 Å². The maximum Gasteiger partial charge on any atom is 0.250 e. The molecule has 2 aromatic carbocycles. The van der Waals surface area contributed by atoms with Gasteiger partial charge in [-0.1, -0.05) is 97.4 Å². The van der Waals surface area contributed by atoms with Crippen LogP contribution in [0.3, 0.4) is 0 Å². The fourth-order valence-corrected chi connectivity index (χ4v) is 9.82. The van der Waals surface area contributed by atoms with E-state index in [0.29, 0.717) is 44.9 Å². The molecule has 0 aromatic heterocycles. The quantitative estimate of drug-likeness (QED) is 0.102. The molecule has 0 aliphatic carbocycles. The number of likely N-dealkylation sites (N-methyl/N-ethyl adjacent to an activating group) is 2. The van der Waals surface area contributed by atoms with Gasteiger partial charge < -0.3 is 29.3 Å². The number of methoxy groups -OCH3 is 2. The highest BCUT2D eigenvalue weighted by Crippen LogP contribution is 2.32. The van der Waals surface area contributed by atoms with Crippen LogP contribution < -0.4 is 10.1 Å². The summed E-state index contributed by atoms with van der Waals surface area (Å²) in [6.07, 6.45) is 3.11. The molecule has 0 unspecified atom stereocenters. The van der Waals surface area contributed by atoms with Crippen LogP contribution in [0.25, 0.3) is 0 Å². The van der Waals surface area contributed by atoms with Gasteiger partial charge in [-0.15, -0.1) is 0 Å². The van der Waals surface area contributed by atoms with Crippen LogP contribution in [0.2, 0.25) is 0 Å². The molecule has 0 radical (unpaired) electrons. The van der Waals surface area contributed by atoms with Gasteiger partial charge in [0.05, 0.1) is 49.3 Å². The van der Waals surface area contributed by atoms with Gasteiger partial charge >= 0.3 is 0 Å². The molecule has 0 bridgehead atoms. The Morgan fingerprint density at radius 1 is 0.815 bits per heavy atom. The summed E-state index contributed by atoms with van der Waals surface area (Å²) in [5.41, 5.74) is 1.97. The smallest absolute Gasteiger partial charge is 0.250 e. The van der Waals surface area contributed by atoms with Gasteiger partial charge in [-0.25, -0.2) is 5.06 Å². The lowest BCUT2D eigenvalue weighted by Crippen LogP contribution is -2.54. The molecule has 0 saturated carbocycles. The molecule has 2 saturated heterocycles. The first-order valence-electron chi connectivity index (χ1n) is 24.1. The molecule has 4 rings (SSSR count). The summed E-state index contributed by atoms with van der Waals surface area (Å²) in [5.74, 6) is -1.69. The molecule has 0 spiro atoms. The van der Waals surface area contributed by atoms with E-state index in [0.717, 1.165) is 36.8 Å². The fourth-order valence-electron chi connectivity index (χ4n) is 9.82. The molecule has 2 fully saturated rings. The molecule has 9 atom stereocenters. The minimum atomic E-state index is -0.661. The van der Waals surface area contributed by atoms with E-state index >= 15 is 0 Å². The number of nitrogens with zero attached hydrogens (tertiary/aromatic N) is 3. The molecule has 2 heterocycles. The third kappa shape index (κ3) is 14.7. The second-order valence-corrected chi connectivity index (χ2v) is 19.1. The topological polar surface area (TPSA) is 144 Å². The van der Waals surface area contributed by atoms with Gasteiger partial charge in [0.1, 0.15) is 18.1 Å². The van der Waals surface area contributed by atoms with Gasteiger partial charge in [0.25, 0.3) is 0 Å². The maximum absolute atomic E-state index is 14.5. The number of likely N-dealkylation sites (tertiary alicyclic amines) is 1. The molecule has 362 valence electrons. The first-order chi connectivity index (χ1) is 31.1. The predicted molar refractivity (Wildman–Crippen MR) is 253 cm³/mol. The number of benzene rings is 2. The van der Waals surface area contributed by atoms with Crippen molar-refractivity contribution >= 4 is 29.3 Å². The number of amides is 3. The van der Waals surface area contributed by atoms with Crippen LogP contribution in [0.1, 0.15) is 111 Å². The normalized spacial score (nSPS) is 19.2. The van der Waals surface area contributed by atoms with Crippen LogP contribution in [0.5, 0.6) is 5.75 Å². The number of carbonyl (C=O) groups is 5. The Kier molecular flexibility index (Phi) is 21.6. The average Bonchev–Trinajstić information content (AvgIpc) is 3.80. The lowest BCUT2D eigenvalue weighted by atomic mass is 9.84. The number of nitrogens with one attached hydrogen (secondary N) is 1. The molecule has 65 heavy (non-hydrogen) atoms. The minimum absolute atomic E-state index is 0.00854. The van der Waals surface area contributed by atoms with Gasteiger partial charge in [0.15, 0.2) is 5.78 Å². The number of ether oxygens (including phenoxy) is 3. The first kappa shape index (κ1) is 53.4. The van der Waals surface area contributed by atoms with Crippen molar-refractivity contribution in [3.8, 4) is 5.75 Å². The number of rotatable bonds is 26. The van der Waals surface area contributed by atoms with E-state index in [1.807, 2.05) is 94.1 Å². The largest absolute Gasteiger partial charge is 0.489 e. The molecule has 2 aromatic rings. The Labute approximate surface area is 389 Å². The Balaban J connectivity index is 1.48. The number of hydrogen-bond acceptors (Lipinski definition) is 10. The van der Waals surface area contributed by atoms with E-state index in [9.17, 15) is 24.0 Å². The van der Waals surface area contributed by atoms with E-state index < -0.39 is 36.0 Å². The van der Waals surface area contributed by atoms with Crippen molar-refractivity contribution in [2.24, 2.45) is 35.5 Å². The van der Waals surface area contributed by atoms with Gasteiger partial charge in [-0.2, -0.15) is 0 Å². The second-order valence-electron chi connectivity index (χ2n) is 19.1. The molecule has 2 aliphatic heterocycles.